The minimum absolute atomic E-state index is 0.0904. The lowest BCUT2D eigenvalue weighted by molar-refractivity contribution is -0.126. The summed E-state index contributed by atoms with van der Waals surface area (Å²) in [5.41, 5.74) is 2.74. The molecule has 0 bridgehead atoms. The van der Waals surface area contributed by atoms with Crippen LogP contribution in [-0.2, 0) is 24.2 Å². The number of nitrogens with one attached hydrogen (secondary N) is 1. The summed E-state index contributed by atoms with van der Waals surface area (Å²) in [5.74, 6) is 1.92. The highest BCUT2D eigenvalue weighted by Gasteiger charge is 2.24. The number of hydrogen-bond donors (Lipinski definition) is 1. The molecule has 0 aliphatic carbocycles. The van der Waals surface area contributed by atoms with Gasteiger partial charge < -0.3 is 9.73 Å². The number of hydrogen-bond acceptors (Lipinski definition) is 3. The van der Waals surface area contributed by atoms with Crippen molar-refractivity contribution in [3.05, 3.63) is 59.0 Å². The van der Waals surface area contributed by atoms with Crippen LogP contribution in [0.3, 0.4) is 0 Å². The second-order valence-electron chi connectivity index (χ2n) is 6.22. The first kappa shape index (κ1) is 15.8. The molecule has 0 spiro atoms. The molecule has 0 saturated carbocycles. The summed E-state index contributed by atoms with van der Waals surface area (Å²) in [5, 5.41) is 3.02. The van der Waals surface area contributed by atoms with E-state index in [1.54, 1.807) is 0 Å². The van der Waals surface area contributed by atoms with Crippen molar-refractivity contribution < 1.29 is 9.21 Å². The van der Waals surface area contributed by atoms with Gasteiger partial charge in [-0.05, 0) is 43.5 Å². The highest BCUT2D eigenvalue weighted by Crippen LogP contribution is 2.20. The minimum atomic E-state index is -0.110. The summed E-state index contributed by atoms with van der Waals surface area (Å²) in [6, 6.07) is 12.3. The van der Waals surface area contributed by atoms with E-state index in [0.717, 1.165) is 37.5 Å². The third kappa shape index (κ3) is 3.82. The lowest BCUT2D eigenvalue weighted by Crippen LogP contribution is -2.47. The van der Waals surface area contributed by atoms with Gasteiger partial charge in [-0.2, -0.15) is 0 Å². The van der Waals surface area contributed by atoms with Gasteiger partial charge in [-0.15, -0.1) is 0 Å². The minimum Gasteiger partial charge on any atom is -0.466 e. The first-order chi connectivity index (χ1) is 11.1. The Morgan fingerprint density at radius 1 is 1.26 bits per heavy atom. The van der Waals surface area contributed by atoms with Gasteiger partial charge in [0.25, 0.3) is 0 Å². The molecule has 122 valence electrons. The Bertz CT molecular complexity index is 678. The van der Waals surface area contributed by atoms with Gasteiger partial charge in [0.05, 0.1) is 6.04 Å². The number of nitrogens with zero attached hydrogens (tertiary/aromatic N) is 1. The fourth-order valence-electron chi connectivity index (χ4n) is 3.09. The molecule has 1 aliphatic heterocycles. The molecule has 1 aliphatic rings. The molecule has 1 N–H and O–H groups in total. The van der Waals surface area contributed by atoms with Crippen molar-refractivity contribution in [2.75, 3.05) is 13.1 Å². The van der Waals surface area contributed by atoms with Crippen molar-refractivity contribution in [1.29, 1.82) is 0 Å². The first-order valence-corrected chi connectivity index (χ1v) is 8.27. The molecule has 0 unspecified atom stereocenters. The average molecular weight is 312 g/mol. The van der Waals surface area contributed by atoms with E-state index in [1.165, 1.54) is 11.1 Å². The number of fused-ring (bicyclic) bond motifs is 1. The SMILES string of the molecule is Cc1ccc(CCNC(=O)[C@@H](C)N2CCc3ccccc3C2)o1. The highest BCUT2D eigenvalue weighted by molar-refractivity contribution is 5.81. The predicted octanol–water partition coefficient (Wildman–Crippen LogP) is 2.69. The summed E-state index contributed by atoms with van der Waals surface area (Å²) in [6.45, 7) is 6.31. The quantitative estimate of drug-likeness (QED) is 0.923. The van der Waals surface area contributed by atoms with E-state index in [1.807, 2.05) is 26.0 Å². The summed E-state index contributed by atoms with van der Waals surface area (Å²) in [4.78, 5) is 14.6. The molecular formula is C19H24N2O2. The van der Waals surface area contributed by atoms with Crippen LogP contribution in [0.5, 0.6) is 0 Å². The lowest BCUT2D eigenvalue weighted by Gasteiger charge is -2.32. The zero-order valence-electron chi connectivity index (χ0n) is 13.8. The van der Waals surface area contributed by atoms with Crippen molar-refractivity contribution in [2.45, 2.75) is 39.3 Å². The summed E-state index contributed by atoms with van der Waals surface area (Å²) < 4.78 is 5.52. The Hall–Kier alpha value is -2.07. The molecule has 23 heavy (non-hydrogen) atoms. The van der Waals surface area contributed by atoms with E-state index < -0.39 is 0 Å². The Kier molecular flexibility index (Phi) is 4.82. The molecule has 0 fully saturated rings. The fraction of sp³-hybridized carbons (Fsp3) is 0.421. The molecule has 0 radical (unpaired) electrons. The number of benzene rings is 1. The van der Waals surface area contributed by atoms with Gasteiger partial charge in [-0.25, -0.2) is 0 Å². The zero-order valence-corrected chi connectivity index (χ0v) is 13.8. The van der Waals surface area contributed by atoms with E-state index in [0.29, 0.717) is 6.54 Å². The van der Waals surface area contributed by atoms with Crippen LogP contribution < -0.4 is 5.32 Å². The average Bonchev–Trinajstić information content (AvgIpc) is 2.99. The van der Waals surface area contributed by atoms with Crippen molar-refractivity contribution in [1.82, 2.24) is 10.2 Å². The Labute approximate surface area is 137 Å². The third-order valence-corrected chi connectivity index (χ3v) is 4.55. The fourth-order valence-corrected chi connectivity index (χ4v) is 3.09. The highest BCUT2D eigenvalue weighted by atomic mass is 16.3. The number of amides is 1. The topological polar surface area (TPSA) is 45.5 Å². The Morgan fingerprint density at radius 2 is 2.04 bits per heavy atom. The van der Waals surface area contributed by atoms with Crippen molar-refractivity contribution in [3.63, 3.8) is 0 Å². The van der Waals surface area contributed by atoms with E-state index in [9.17, 15) is 4.79 Å². The second kappa shape index (κ2) is 7.01. The van der Waals surface area contributed by atoms with Crippen molar-refractivity contribution in [2.24, 2.45) is 0 Å². The summed E-state index contributed by atoms with van der Waals surface area (Å²) >= 11 is 0. The van der Waals surface area contributed by atoms with E-state index in [2.05, 4.69) is 34.5 Å². The molecule has 2 heterocycles. The molecule has 4 nitrogen and oxygen atoms in total. The Balaban J connectivity index is 1.50. The normalized spacial score (nSPS) is 15.9. The number of carbonyl (C=O) groups is 1. The lowest BCUT2D eigenvalue weighted by atomic mass is 9.99. The van der Waals surface area contributed by atoms with Gasteiger partial charge >= 0.3 is 0 Å². The third-order valence-electron chi connectivity index (χ3n) is 4.55. The molecule has 3 rings (SSSR count). The molecule has 0 saturated heterocycles. The van der Waals surface area contributed by atoms with E-state index in [-0.39, 0.29) is 11.9 Å². The molecule has 4 heteroatoms. The van der Waals surface area contributed by atoms with Crippen LogP contribution in [0.2, 0.25) is 0 Å². The Morgan fingerprint density at radius 3 is 2.78 bits per heavy atom. The summed E-state index contributed by atoms with van der Waals surface area (Å²) in [6.07, 6.45) is 1.74. The molecular weight excluding hydrogens is 288 g/mol. The van der Waals surface area contributed by atoms with Crippen molar-refractivity contribution in [3.8, 4) is 0 Å². The van der Waals surface area contributed by atoms with Crippen LogP contribution >= 0.6 is 0 Å². The maximum Gasteiger partial charge on any atom is 0.237 e. The smallest absolute Gasteiger partial charge is 0.237 e. The van der Waals surface area contributed by atoms with Crippen LogP contribution in [0.4, 0.5) is 0 Å². The first-order valence-electron chi connectivity index (χ1n) is 8.27. The van der Waals surface area contributed by atoms with Gasteiger partial charge in [0.15, 0.2) is 0 Å². The van der Waals surface area contributed by atoms with Gasteiger partial charge in [0, 0.05) is 26.1 Å². The van der Waals surface area contributed by atoms with Crippen LogP contribution in [0, 0.1) is 6.92 Å². The molecule has 1 amide bonds. The van der Waals surface area contributed by atoms with E-state index in [4.69, 9.17) is 4.42 Å². The number of furan rings is 1. The number of aryl methyl sites for hydroxylation is 1. The molecule has 1 aromatic carbocycles. The van der Waals surface area contributed by atoms with Crippen LogP contribution in [0.15, 0.2) is 40.8 Å². The maximum absolute atomic E-state index is 12.4. The van der Waals surface area contributed by atoms with Gasteiger partial charge in [-0.1, -0.05) is 24.3 Å². The monoisotopic (exact) mass is 312 g/mol. The van der Waals surface area contributed by atoms with E-state index >= 15 is 0 Å². The van der Waals surface area contributed by atoms with Crippen LogP contribution in [0.1, 0.15) is 29.6 Å². The van der Waals surface area contributed by atoms with Crippen molar-refractivity contribution >= 4 is 5.91 Å². The summed E-state index contributed by atoms with van der Waals surface area (Å²) in [7, 11) is 0. The predicted molar refractivity (Wildman–Crippen MR) is 90.2 cm³/mol. The second-order valence-corrected chi connectivity index (χ2v) is 6.22. The molecule has 1 aromatic heterocycles. The largest absolute Gasteiger partial charge is 0.466 e. The molecule has 2 aromatic rings. The molecule has 1 atom stereocenters. The number of carbonyl (C=O) groups excluding carboxylic acids is 1. The van der Waals surface area contributed by atoms with Crippen LogP contribution in [0.25, 0.3) is 0 Å². The zero-order chi connectivity index (χ0) is 16.2. The van der Waals surface area contributed by atoms with Gasteiger partial charge in [0.1, 0.15) is 11.5 Å². The van der Waals surface area contributed by atoms with Gasteiger partial charge in [-0.3, -0.25) is 9.69 Å². The maximum atomic E-state index is 12.4. The van der Waals surface area contributed by atoms with Crippen LogP contribution in [-0.4, -0.2) is 29.9 Å². The van der Waals surface area contributed by atoms with Gasteiger partial charge in [0.2, 0.25) is 5.91 Å². The standard InChI is InChI=1S/C19H24N2O2/c1-14-7-8-18(23-14)9-11-20-19(22)15(2)21-12-10-16-5-3-4-6-17(16)13-21/h3-8,15H,9-13H2,1-2H3,(H,20,22)/t15-/m1/s1. The number of rotatable bonds is 5.